The van der Waals surface area contributed by atoms with Crippen LogP contribution in [0.3, 0.4) is 0 Å². The van der Waals surface area contributed by atoms with Gasteiger partial charge in [0.25, 0.3) is 0 Å². The first-order chi connectivity index (χ1) is 7.56. The summed E-state index contributed by atoms with van der Waals surface area (Å²) >= 11 is 11.8. The van der Waals surface area contributed by atoms with Crippen LogP contribution in [0, 0.1) is 6.92 Å². The van der Waals surface area contributed by atoms with Crippen LogP contribution in [-0.4, -0.2) is 5.11 Å². The van der Waals surface area contributed by atoms with Crippen LogP contribution in [-0.2, 0) is 0 Å². The smallest absolute Gasteiger partial charge is 0.117 e. The molecule has 0 heterocycles. The first kappa shape index (κ1) is 11.3. The lowest BCUT2D eigenvalue weighted by molar-refractivity contribution is 0.475. The zero-order valence-corrected chi connectivity index (χ0v) is 10.2. The fourth-order valence-corrected chi connectivity index (χ4v) is 2.14. The quantitative estimate of drug-likeness (QED) is 0.782. The molecule has 2 aromatic rings. The third kappa shape index (κ3) is 2.31. The second-order valence-corrected chi connectivity index (χ2v) is 4.53. The monoisotopic (exact) mass is 252 g/mol. The van der Waals surface area contributed by atoms with Gasteiger partial charge in [-0.3, -0.25) is 0 Å². The summed E-state index contributed by atoms with van der Waals surface area (Å²) in [7, 11) is 0. The molecule has 3 heteroatoms. The molecular formula is C13H10Cl2O. The van der Waals surface area contributed by atoms with Crippen molar-refractivity contribution >= 4 is 23.2 Å². The molecule has 16 heavy (non-hydrogen) atoms. The van der Waals surface area contributed by atoms with Gasteiger partial charge in [0.1, 0.15) is 5.75 Å². The zero-order chi connectivity index (χ0) is 11.7. The first-order valence-corrected chi connectivity index (χ1v) is 5.58. The van der Waals surface area contributed by atoms with Gasteiger partial charge in [-0.1, -0.05) is 29.3 Å². The molecule has 1 nitrogen and oxygen atoms in total. The molecule has 0 saturated heterocycles. The van der Waals surface area contributed by atoms with Crippen LogP contribution in [0.4, 0.5) is 0 Å². The topological polar surface area (TPSA) is 20.2 Å². The lowest BCUT2D eigenvalue weighted by Crippen LogP contribution is -1.83. The molecule has 0 unspecified atom stereocenters. The molecule has 0 saturated carbocycles. The summed E-state index contributed by atoms with van der Waals surface area (Å²) < 4.78 is 0. The van der Waals surface area contributed by atoms with Crippen molar-refractivity contribution in [1.29, 1.82) is 0 Å². The van der Waals surface area contributed by atoms with E-state index in [0.717, 1.165) is 16.7 Å². The summed E-state index contributed by atoms with van der Waals surface area (Å²) in [4.78, 5) is 0. The molecule has 0 radical (unpaired) electrons. The van der Waals surface area contributed by atoms with E-state index in [1.807, 2.05) is 31.2 Å². The first-order valence-electron chi connectivity index (χ1n) is 4.82. The average molecular weight is 253 g/mol. The molecule has 2 aromatic carbocycles. The number of rotatable bonds is 1. The van der Waals surface area contributed by atoms with Gasteiger partial charge in [-0.25, -0.2) is 0 Å². The van der Waals surface area contributed by atoms with Gasteiger partial charge in [0.2, 0.25) is 0 Å². The van der Waals surface area contributed by atoms with E-state index in [1.54, 1.807) is 6.07 Å². The van der Waals surface area contributed by atoms with Crippen LogP contribution in [0.15, 0.2) is 36.4 Å². The van der Waals surface area contributed by atoms with E-state index in [1.165, 1.54) is 6.07 Å². The van der Waals surface area contributed by atoms with Crippen molar-refractivity contribution in [2.24, 2.45) is 0 Å². The zero-order valence-electron chi connectivity index (χ0n) is 8.67. The van der Waals surface area contributed by atoms with E-state index in [4.69, 9.17) is 23.2 Å². The van der Waals surface area contributed by atoms with Crippen LogP contribution < -0.4 is 0 Å². The standard InChI is InChI=1S/C13H10Cl2O/c1-8-4-10(14)2-3-13(8)9-5-11(15)7-12(16)6-9/h2-7,16H,1H3. The van der Waals surface area contributed by atoms with Crippen molar-refractivity contribution < 1.29 is 5.11 Å². The molecule has 2 rings (SSSR count). The number of phenolic OH excluding ortho intramolecular Hbond substituents is 1. The maximum atomic E-state index is 9.49. The number of phenols is 1. The molecule has 0 bridgehead atoms. The van der Waals surface area contributed by atoms with Gasteiger partial charge in [0.15, 0.2) is 0 Å². The van der Waals surface area contributed by atoms with Gasteiger partial charge < -0.3 is 5.11 Å². The molecule has 1 N–H and O–H groups in total. The molecule has 0 aliphatic carbocycles. The highest BCUT2D eigenvalue weighted by molar-refractivity contribution is 6.31. The summed E-state index contributed by atoms with van der Waals surface area (Å²) in [5.41, 5.74) is 2.95. The molecular weight excluding hydrogens is 243 g/mol. The van der Waals surface area contributed by atoms with Crippen molar-refractivity contribution in [1.82, 2.24) is 0 Å². The number of hydrogen-bond acceptors (Lipinski definition) is 1. The molecule has 0 atom stereocenters. The highest BCUT2D eigenvalue weighted by Gasteiger charge is 2.05. The third-order valence-electron chi connectivity index (χ3n) is 2.38. The number of aryl methyl sites for hydroxylation is 1. The summed E-state index contributed by atoms with van der Waals surface area (Å²) in [5, 5.41) is 10.7. The predicted octanol–water partition coefficient (Wildman–Crippen LogP) is 4.67. The van der Waals surface area contributed by atoms with E-state index in [9.17, 15) is 5.11 Å². The summed E-state index contributed by atoms with van der Waals surface area (Å²) in [6, 6.07) is 10.6. The van der Waals surface area contributed by atoms with Crippen molar-refractivity contribution in [2.45, 2.75) is 6.92 Å². The van der Waals surface area contributed by atoms with E-state index in [0.29, 0.717) is 10.0 Å². The van der Waals surface area contributed by atoms with Gasteiger partial charge in [-0.15, -0.1) is 0 Å². The Morgan fingerprint density at radius 1 is 0.938 bits per heavy atom. The molecule has 0 fully saturated rings. The Kier molecular flexibility index (Phi) is 3.08. The minimum atomic E-state index is 0.164. The van der Waals surface area contributed by atoms with Crippen LogP contribution >= 0.6 is 23.2 Å². The molecule has 0 aliphatic heterocycles. The second kappa shape index (κ2) is 4.36. The molecule has 0 amide bonds. The van der Waals surface area contributed by atoms with Crippen molar-refractivity contribution in [2.75, 3.05) is 0 Å². The van der Waals surface area contributed by atoms with E-state index in [-0.39, 0.29) is 5.75 Å². The Morgan fingerprint density at radius 3 is 2.31 bits per heavy atom. The number of aromatic hydroxyl groups is 1. The second-order valence-electron chi connectivity index (χ2n) is 3.66. The normalized spacial score (nSPS) is 10.4. The summed E-state index contributed by atoms with van der Waals surface area (Å²) in [6.07, 6.45) is 0. The van der Waals surface area contributed by atoms with Gasteiger partial charge in [-0.2, -0.15) is 0 Å². The van der Waals surface area contributed by atoms with E-state index >= 15 is 0 Å². The lowest BCUT2D eigenvalue weighted by Gasteiger charge is -2.07. The van der Waals surface area contributed by atoms with E-state index in [2.05, 4.69) is 0 Å². The minimum Gasteiger partial charge on any atom is -0.508 e. The molecule has 0 spiro atoms. The van der Waals surface area contributed by atoms with Gasteiger partial charge in [0, 0.05) is 10.0 Å². The van der Waals surface area contributed by atoms with Crippen LogP contribution in [0.5, 0.6) is 5.75 Å². The Balaban J connectivity index is 2.58. The Labute approximate surface area is 104 Å². The van der Waals surface area contributed by atoms with E-state index < -0.39 is 0 Å². The molecule has 0 aromatic heterocycles. The van der Waals surface area contributed by atoms with Crippen LogP contribution in [0.2, 0.25) is 10.0 Å². The SMILES string of the molecule is Cc1cc(Cl)ccc1-c1cc(O)cc(Cl)c1. The minimum absolute atomic E-state index is 0.164. The van der Waals surface area contributed by atoms with Crippen LogP contribution in [0.1, 0.15) is 5.56 Å². The lowest BCUT2D eigenvalue weighted by atomic mass is 10.0. The highest BCUT2D eigenvalue weighted by atomic mass is 35.5. The Morgan fingerprint density at radius 2 is 1.69 bits per heavy atom. The highest BCUT2D eigenvalue weighted by Crippen LogP contribution is 2.31. The summed E-state index contributed by atoms with van der Waals surface area (Å²) in [5.74, 6) is 0.164. The molecule has 82 valence electrons. The molecule has 0 aliphatic rings. The maximum absolute atomic E-state index is 9.49. The fourth-order valence-electron chi connectivity index (χ4n) is 1.68. The number of benzene rings is 2. The third-order valence-corrected chi connectivity index (χ3v) is 2.84. The van der Waals surface area contributed by atoms with Gasteiger partial charge >= 0.3 is 0 Å². The van der Waals surface area contributed by atoms with Crippen LogP contribution in [0.25, 0.3) is 11.1 Å². The Hall–Kier alpha value is -1.18. The number of hydrogen-bond donors (Lipinski definition) is 1. The van der Waals surface area contributed by atoms with Crippen molar-refractivity contribution in [3.05, 3.63) is 52.0 Å². The Bertz CT molecular complexity index is 515. The number of halogens is 2. The fraction of sp³-hybridized carbons (Fsp3) is 0.0769. The van der Waals surface area contributed by atoms with Gasteiger partial charge in [0.05, 0.1) is 0 Å². The van der Waals surface area contributed by atoms with Crippen molar-refractivity contribution in [3.8, 4) is 16.9 Å². The maximum Gasteiger partial charge on any atom is 0.117 e. The summed E-state index contributed by atoms with van der Waals surface area (Å²) in [6.45, 7) is 1.97. The average Bonchev–Trinajstić information content (AvgIpc) is 2.15. The van der Waals surface area contributed by atoms with Gasteiger partial charge in [-0.05, 0) is 53.9 Å². The predicted molar refractivity (Wildman–Crippen MR) is 68.3 cm³/mol. The largest absolute Gasteiger partial charge is 0.508 e. The van der Waals surface area contributed by atoms with Crippen molar-refractivity contribution in [3.63, 3.8) is 0 Å².